The van der Waals surface area contributed by atoms with Gasteiger partial charge in [0.05, 0.1) is 31.1 Å². The minimum Gasteiger partial charge on any atom is -0.389 e. The molecule has 3 aromatic rings. The van der Waals surface area contributed by atoms with E-state index in [2.05, 4.69) is 34.3 Å². The van der Waals surface area contributed by atoms with Gasteiger partial charge in [0.15, 0.2) is 0 Å². The maximum atomic E-state index is 10.5. The molecule has 26 heavy (non-hydrogen) atoms. The number of hydrogen-bond donors (Lipinski definition) is 1. The van der Waals surface area contributed by atoms with Gasteiger partial charge in [0.2, 0.25) is 0 Å². The van der Waals surface area contributed by atoms with Crippen LogP contribution < -0.4 is 0 Å². The van der Waals surface area contributed by atoms with Crippen LogP contribution in [0.15, 0.2) is 61.1 Å². The van der Waals surface area contributed by atoms with Gasteiger partial charge in [-0.15, -0.1) is 0 Å². The summed E-state index contributed by atoms with van der Waals surface area (Å²) in [5.41, 5.74) is 4.63. The highest BCUT2D eigenvalue weighted by Gasteiger charge is 2.21. The Hall–Kier alpha value is -2.50. The monoisotopic (exact) mass is 349 g/mol. The Morgan fingerprint density at radius 2 is 1.96 bits per heavy atom. The van der Waals surface area contributed by atoms with E-state index in [1.54, 1.807) is 18.6 Å². The van der Waals surface area contributed by atoms with E-state index in [4.69, 9.17) is 4.74 Å². The highest BCUT2D eigenvalue weighted by Crippen LogP contribution is 2.32. The van der Waals surface area contributed by atoms with Crippen LogP contribution in [-0.4, -0.2) is 32.6 Å². The molecule has 0 radical (unpaired) electrons. The Morgan fingerprint density at radius 1 is 1.12 bits per heavy atom. The van der Waals surface area contributed by atoms with Crippen molar-refractivity contribution in [1.29, 1.82) is 0 Å². The second-order valence-corrected chi connectivity index (χ2v) is 6.70. The number of fused-ring (bicyclic) bond motifs is 1. The lowest BCUT2D eigenvalue weighted by Crippen LogP contribution is -2.25. The molecule has 0 spiro atoms. The van der Waals surface area contributed by atoms with Crippen LogP contribution in [0.25, 0.3) is 11.3 Å². The van der Waals surface area contributed by atoms with Crippen molar-refractivity contribution in [3.8, 4) is 11.3 Å². The molecule has 2 unspecified atom stereocenters. The second-order valence-electron chi connectivity index (χ2n) is 6.70. The van der Waals surface area contributed by atoms with E-state index >= 15 is 0 Å². The molecular formula is C21H23N3O2. The number of aliphatic hydroxyl groups is 1. The summed E-state index contributed by atoms with van der Waals surface area (Å²) >= 11 is 0. The summed E-state index contributed by atoms with van der Waals surface area (Å²) in [6, 6.07) is 14.3. The van der Waals surface area contributed by atoms with Crippen molar-refractivity contribution in [2.45, 2.75) is 38.0 Å². The molecule has 2 atom stereocenters. The van der Waals surface area contributed by atoms with E-state index in [1.165, 1.54) is 11.1 Å². The summed E-state index contributed by atoms with van der Waals surface area (Å²) in [4.78, 5) is 4.05. The maximum absolute atomic E-state index is 10.5. The van der Waals surface area contributed by atoms with Gasteiger partial charge in [-0.05, 0) is 48.6 Å². The molecule has 0 saturated heterocycles. The predicted molar refractivity (Wildman–Crippen MR) is 99.5 cm³/mol. The third-order valence-corrected chi connectivity index (χ3v) is 4.88. The van der Waals surface area contributed by atoms with Gasteiger partial charge in [-0.2, -0.15) is 5.10 Å². The Balaban J connectivity index is 1.39. The van der Waals surface area contributed by atoms with E-state index in [9.17, 15) is 5.11 Å². The van der Waals surface area contributed by atoms with Gasteiger partial charge in [-0.1, -0.05) is 24.3 Å². The van der Waals surface area contributed by atoms with E-state index in [1.807, 2.05) is 22.9 Å². The Labute approximate surface area is 153 Å². The largest absolute Gasteiger partial charge is 0.389 e. The SMILES string of the molecule is OC(COC1CCCc2ccccc21)Cn1nccc1-c1ccncc1. The first kappa shape index (κ1) is 16.9. The third kappa shape index (κ3) is 3.69. The van der Waals surface area contributed by atoms with Gasteiger partial charge in [0.25, 0.3) is 0 Å². The molecule has 0 aliphatic heterocycles. The normalized spacial score (nSPS) is 17.7. The van der Waals surface area contributed by atoms with Crippen LogP contribution in [0.4, 0.5) is 0 Å². The van der Waals surface area contributed by atoms with Gasteiger partial charge in [-0.3, -0.25) is 9.67 Å². The minimum absolute atomic E-state index is 0.0758. The molecule has 1 aromatic carbocycles. The predicted octanol–water partition coefficient (Wildman–Crippen LogP) is 3.40. The number of hydrogen-bond acceptors (Lipinski definition) is 4. The smallest absolute Gasteiger partial charge is 0.0969 e. The van der Waals surface area contributed by atoms with Gasteiger partial charge < -0.3 is 9.84 Å². The zero-order valence-corrected chi connectivity index (χ0v) is 14.7. The Kier molecular flexibility index (Phi) is 5.09. The third-order valence-electron chi connectivity index (χ3n) is 4.88. The van der Waals surface area contributed by atoms with Gasteiger partial charge in [0.1, 0.15) is 0 Å². The van der Waals surface area contributed by atoms with Crippen molar-refractivity contribution in [1.82, 2.24) is 14.8 Å². The van der Waals surface area contributed by atoms with Crippen molar-refractivity contribution in [3.05, 3.63) is 72.2 Å². The van der Waals surface area contributed by atoms with Crippen molar-refractivity contribution < 1.29 is 9.84 Å². The molecule has 1 aliphatic rings. The molecule has 0 saturated carbocycles. The van der Waals surface area contributed by atoms with Gasteiger partial charge in [-0.25, -0.2) is 0 Å². The summed E-state index contributed by atoms with van der Waals surface area (Å²) in [5, 5.41) is 14.8. The number of rotatable bonds is 6. The number of benzene rings is 1. The standard InChI is InChI=1S/C21H23N3O2/c25-18(14-24-20(10-13-23-24)17-8-11-22-12-9-17)15-26-21-7-3-5-16-4-1-2-6-19(16)21/h1-2,4,6,8-13,18,21,25H,3,5,7,14-15H2. The van der Waals surface area contributed by atoms with E-state index in [-0.39, 0.29) is 6.10 Å². The molecule has 1 aliphatic carbocycles. The highest BCUT2D eigenvalue weighted by molar-refractivity contribution is 5.58. The van der Waals surface area contributed by atoms with Crippen molar-refractivity contribution >= 4 is 0 Å². The molecular weight excluding hydrogens is 326 g/mol. The molecule has 4 rings (SSSR count). The van der Waals surface area contributed by atoms with Crippen LogP contribution in [0, 0.1) is 0 Å². The van der Waals surface area contributed by atoms with Gasteiger partial charge >= 0.3 is 0 Å². The lowest BCUT2D eigenvalue weighted by atomic mass is 9.89. The zero-order chi connectivity index (χ0) is 17.8. The topological polar surface area (TPSA) is 60.2 Å². The lowest BCUT2D eigenvalue weighted by Gasteiger charge is -2.26. The summed E-state index contributed by atoms with van der Waals surface area (Å²) in [7, 11) is 0. The number of aryl methyl sites for hydroxylation is 1. The molecule has 134 valence electrons. The van der Waals surface area contributed by atoms with Crippen LogP contribution in [-0.2, 0) is 17.7 Å². The van der Waals surface area contributed by atoms with E-state index < -0.39 is 6.10 Å². The lowest BCUT2D eigenvalue weighted by molar-refractivity contribution is -0.0234. The van der Waals surface area contributed by atoms with Crippen LogP contribution in [0.3, 0.4) is 0 Å². The fourth-order valence-electron chi connectivity index (χ4n) is 3.61. The van der Waals surface area contributed by atoms with Gasteiger partial charge in [0, 0.05) is 24.2 Å². The Bertz CT molecular complexity index is 847. The quantitative estimate of drug-likeness (QED) is 0.741. The first-order chi connectivity index (χ1) is 12.8. The molecule has 2 aromatic heterocycles. The van der Waals surface area contributed by atoms with E-state index in [0.717, 1.165) is 30.5 Å². The summed E-state index contributed by atoms with van der Waals surface area (Å²) in [6.07, 6.45) is 7.98. The minimum atomic E-state index is -0.607. The van der Waals surface area contributed by atoms with Crippen LogP contribution in [0.1, 0.15) is 30.1 Å². The molecule has 1 N–H and O–H groups in total. The fourth-order valence-corrected chi connectivity index (χ4v) is 3.61. The van der Waals surface area contributed by atoms with Crippen molar-refractivity contribution in [2.24, 2.45) is 0 Å². The average molecular weight is 349 g/mol. The molecule has 0 bridgehead atoms. The molecule has 2 heterocycles. The van der Waals surface area contributed by atoms with Crippen LogP contribution in [0.5, 0.6) is 0 Å². The molecule has 0 fully saturated rings. The summed E-state index contributed by atoms with van der Waals surface area (Å²) in [5.74, 6) is 0. The fraction of sp³-hybridized carbons (Fsp3) is 0.333. The number of ether oxygens (including phenoxy) is 1. The molecule has 0 amide bonds. The number of aliphatic hydroxyl groups excluding tert-OH is 1. The van der Waals surface area contributed by atoms with Crippen LogP contribution >= 0.6 is 0 Å². The van der Waals surface area contributed by atoms with Crippen molar-refractivity contribution in [2.75, 3.05) is 6.61 Å². The van der Waals surface area contributed by atoms with Crippen LogP contribution in [0.2, 0.25) is 0 Å². The van der Waals surface area contributed by atoms with E-state index in [0.29, 0.717) is 13.2 Å². The first-order valence-corrected chi connectivity index (χ1v) is 9.11. The second kappa shape index (κ2) is 7.81. The first-order valence-electron chi connectivity index (χ1n) is 9.11. The summed E-state index contributed by atoms with van der Waals surface area (Å²) in [6.45, 7) is 0.702. The maximum Gasteiger partial charge on any atom is 0.0969 e. The molecule has 5 nitrogen and oxygen atoms in total. The zero-order valence-electron chi connectivity index (χ0n) is 14.7. The number of pyridine rings is 1. The number of aromatic nitrogens is 3. The molecule has 5 heteroatoms. The van der Waals surface area contributed by atoms with Crippen molar-refractivity contribution in [3.63, 3.8) is 0 Å². The number of nitrogens with zero attached hydrogens (tertiary/aromatic N) is 3. The summed E-state index contributed by atoms with van der Waals surface area (Å²) < 4.78 is 7.88. The Morgan fingerprint density at radius 3 is 2.85 bits per heavy atom. The average Bonchev–Trinajstić information content (AvgIpc) is 3.15. The highest BCUT2D eigenvalue weighted by atomic mass is 16.5.